The van der Waals surface area contributed by atoms with Crippen LogP contribution in [-0.2, 0) is 0 Å². The average Bonchev–Trinajstić information content (AvgIpc) is 2.37. The Labute approximate surface area is 66.2 Å². The molecule has 2 N–H and O–H groups in total. The number of hydrogen-bond acceptors (Lipinski definition) is 3. The highest BCUT2D eigenvalue weighted by Gasteiger charge is 2.20. The molecule has 1 heterocycles. The summed E-state index contributed by atoms with van der Waals surface area (Å²) in [4.78, 5) is 0. The zero-order valence-corrected chi connectivity index (χ0v) is 7.13. The summed E-state index contributed by atoms with van der Waals surface area (Å²) in [6.45, 7) is 0. The predicted octanol–water partition coefficient (Wildman–Crippen LogP) is 0.997. The average molecular weight is 163 g/mol. The van der Waals surface area contributed by atoms with Gasteiger partial charge in [0.15, 0.2) is 0 Å². The summed E-state index contributed by atoms with van der Waals surface area (Å²) < 4.78 is 0. The second-order valence-corrected chi connectivity index (χ2v) is 3.99. The van der Waals surface area contributed by atoms with Crippen LogP contribution in [0.3, 0.4) is 0 Å². The van der Waals surface area contributed by atoms with E-state index in [2.05, 4.69) is 12.6 Å². The molecule has 1 rings (SSSR count). The minimum absolute atomic E-state index is 0.336. The molecule has 1 aliphatic heterocycles. The normalized spacial score (nSPS) is 30.7. The Morgan fingerprint density at radius 2 is 2.56 bits per heavy atom. The van der Waals surface area contributed by atoms with Crippen molar-refractivity contribution < 1.29 is 0 Å². The summed E-state index contributed by atoms with van der Waals surface area (Å²) in [6, 6.07) is 0.336. The summed E-state index contributed by atoms with van der Waals surface area (Å²) in [5.74, 6) is 4.13. The minimum atomic E-state index is 0.336. The second-order valence-electron chi connectivity index (χ2n) is 2.47. The Bertz CT molecular complexity index is 81.1. The molecule has 0 amide bonds. The van der Waals surface area contributed by atoms with Crippen LogP contribution in [0.25, 0.3) is 0 Å². The van der Waals surface area contributed by atoms with Crippen molar-refractivity contribution in [1.82, 2.24) is 0 Å². The van der Waals surface area contributed by atoms with Crippen LogP contribution in [0.1, 0.15) is 6.42 Å². The lowest BCUT2D eigenvalue weighted by Crippen LogP contribution is -2.31. The van der Waals surface area contributed by atoms with Crippen LogP contribution >= 0.6 is 24.4 Å². The first-order valence-electron chi connectivity index (χ1n) is 3.28. The number of thiol groups is 1. The van der Waals surface area contributed by atoms with Gasteiger partial charge in [-0.15, -0.1) is 0 Å². The lowest BCUT2D eigenvalue weighted by Gasteiger charge is -2.14. The van der Waals surface area contributed by atoms with E-state index in [9.17, 15) is 0 Å². The van der Waals surface area contributed by atoms with Crippen LogP contribution in [-0.4, -0.2) is 23.3 Å². The van der Waals surface area contributed by atoms with Crippen molar-refractivity contribution in [2.75, 3.05) is 17.3 Å². The molecule has 3 heteroatoms. The van der Waals surface area contributed by atoms with E-state index in [1.807, 2.05) is 11.8 Å². The summed E-state index contributed by atoms with van der Waals surface area (Å²) in [7, 11) is 0. The topological polar surface area (TPSA) is 26.0 Å². The molecule has 1 saturated heterocycles. The molecule has 1 aliphatic rings. The maximum absolute atomic E-state index is 5.79. The number of thioether (sulfide) groups is 1. The van der Waals surface area contributed by atoms with Gasteiger partial charge in [0, 0.05) is 11.8 Å². The van der Waals surface area contributed by atoms with Crippen LogP contribution < -0.4 is 5.73 Å². The molecule has 0 aromatic carbocycles. The van der Waals surface area contributed by atoms with E-state index in [1.54, 1.807) is 0 Å². The van der Waals surface area contributed by atoms with E-state index in [4.69, 9.17) is 5.73 Å². The van der Waals surface area contributed by atoms with Gasteiger partial charge in [0.25, 0.3) is 0 Å². The predicted molar refractivity (Wildman–Crippen MR) is 47.3 cm³/mol. The Kier molecular flexibility index (Phi) is 3.22. The maximum atomic E-state index is 5.79. The van der Waals surface area contributed by atoms with Crippen LogP contribution in [0.2, 0.25) is 0 Å². The van der Waals surface area contributed by atoms with Gasteiger partial charge in [-0.05, 0) is 23.8 Å². The Morgan fingerprint density at radius 3 is 3.00 bits per heavy atom. The van der Waals surface area contributed by atoms with Crippen molar-refractivity contribution in [3.05, 3.63) is 0 Å². The zero-order valence-electron chi connectivity index (χ0n) is 5.42. The molecule has 9 heavy (non-hydrogen) atoms. The molecule has 0 spiro atoms. The van der Waals surface area contributed by atoms with Crippen molar-refractivity contribution in [2.45, 2.75) is 12.5 Å². The van der Waals surface area contributed by atoms with Gasteiger partial charge < -0.3 is 5.73 Å². The molecule has 2 unspecified atom stereocenters. The molecular formula is C6H13NS2. The smallest absolute Gasteiger partial charge is 0.0164 e. The molecule has 1 fully saturated rings. The van der Waals surface area contributed by atoms with E-state index < -0.39 is 0 Å². The fourth-order valence-corrected chi connectivity index (χ4v) is 2.69. The fraction of sp³-hybridized carbons (Fsp3) is 1.00. The van der Waals surface area contributed by atoms with Gasteiger partial charge in [-0.1, -0.05) is 0 Å². The molecule has 0 saturated carbocycles. The van der Waals surface area contributed by atoms with E-state index in [0.717, 1.165) is 11.7 Å². The van der Waals surface area contributed by atoms with Gasteiger partial charge in [-0.3, -0.25) is 0 Å². The third-order valence-corrected chi connectivity index (χ3v) is 3.39. The van der Waals surface area contributed by atoms with Gasteiger partial charge >= 0.3 is 0 Å². The lowest BCUT2D eigenvalue weighted by atomic mass is 10.0. The zero-order chi connectivity index (χ0) is 6.69. The lowest BCUT2D eigenvalue weighted by molar-refractivity contribution is 0.502. The number of rotatable bonds is 2. The molecule has 0 aromatic heterocycles. The summed E-state index contributed by atoms with van der Waals surface area (Å²) in [5, 5.41) is 0. The SMILES string of the molecule is NC(CS)C1CCSC1. The first-order valence-corrected chi connectivity index (χ1v) is 5.07. The quantitative estimate of drug-likeness (QED) is 0.594. The Hall–Kier alpha value is 0.660. The number of hydrogen-bond donors (Lipinski definition) is 2. The van der Waals surface area contributed by atoms with Crippen LogP contribution in [0.4, 0.5) is 0 Å². The van der Waals surface area contributed by atoms with Crippen molar-refractivity contribution in [1.29, 1.82) is 0 Å². The summed E-state index contributed by atoms with van der Waals surface area (Å²) in [5.41, 5.74) is 5.79. The first kappa shape index (κ1) is 7.76. The molecule has 54 valence electrons. The van der Waals surface area contributed by atoms with E-state index >= 15 is 0 Å². The largest absolute Gasteiger partial charge is 0.327 e. The van der Waals surface area contributed by atoms with Crippen LogP contribution in [0, 0.1) is 5.92 Å². The van der Waals surface area contributed by atoms with Gasteiger partial charge in [-0.2, -0.15) is 24.4 Å². The molecule has 1 nitrogen and oxygen atoms in total. The van der Waals surface area contributed by atoms with Crippen molar-refractivity contribution >= 4 is 24.4 Å². The summed E-state index contributed by atoms with van der Waals surface area (Å²) in [6.07, 6.45) is 1.30. The van der Waals surface area contributed by atoms with E-state index in [0.29, 0.717) is 6.04 Å². The first-order chi connectivity index (χ1) is 4.34. The van der Waals surface area contributed by atoms with Gasteiger partial charge in [-0.25, -0.2) is 0 Å². The maximum Gasteiger partial charge on any atom is 0.0164 e. The van der Waals surface area contributed by atoms with Gasteiger partial charge in [0.05, 0.1) is 0 Å². The van der Waals surface area contributed by atoms with Crippen molar-refractivity contribution in [2.24, 2.45) is 11.7 Å². The number of nitrogens with two attached hydrogens (primary N) is 1. The van der Waals surface area contributed by atoms with Gasteiger partial charge in [0.2, 0.25) is 0 Å². The third kappa shape index (κ3) is 2.06. The second kappa shape index (κ2) is 3.74. The van der Waals surface area contributed by atoms with Crippen LogP contribution in [0.15, 0.2) is 0 Å². The third-order valence-electron chi connectivity index (χ3n) is 1.78. The molecule has 2 atom stereocenters. The van der Waals surface area contributed by atoms with E-state index in [-0.39, 0.29) is 0 Å². The molecule has 0 bridgehead atoms. The highest BCUT2D eigenvalue weighted by atomic mass is 32.2. The van der Waals surface area contributed by atoms with Crippen LogP contribution in [0.5, 0.6) is 0 Å². The molecular weight excluding hydrogens is 150 g/mol. The standard InChI is InChI=1S/C6H13NS2/c7-6(3-8)5-1-2-9-4-5/h5-6,8H,1-4,7H2. The minimum Gasteiger partial charge on any atom is -0.327 e. The molecule has 0 radical (unpaired) electrons. The Morgan fingerprint density at radius 1 is 1.78 bits per heavy atom. The fourth-order valence-electron chi connectivity index (χ4n) is 1.04. The molecule has 0 aromatic rings. The van der Waals surface area contributed by atoms with Gasteiger partial charge in [0.1, 0.15) is 0 Å². The summed E-state index contributed by atoms with van der Waals surface area (Å²) >= 11 is 6.17. The Balaban J connectivity index is 2.24. The molecule has 0 aliphatic carbocycles. The van der Waals surface area contributed by atoms with Crippen molar-refractivity contribution in [3.63, 3.8) is 0 Å². The van der Waals surface area contributed by atoms with E-state index in [1.165, 1.54) is 17.9 Å². The highest BCUT2D eigenvalue weighted by molar-refractivity contribution is 7.99. The van der Waals surface area contributed by atoms with Crippen molar-refractivity contribution in [3.8, 4) is 0 Å². The monoisotopic (exact) mass is 163 g/mol. The highest BCUT2D eigenvalue weighted by Crippen LogP contribution is 2.25.